The number of carbonyl (C=O) groups excluding carboxylic acids is 1. The van der Waals surface area contributed by atoms with Crippen LogP contribution >= 0.6 is 0 Å². The maximum atomic E-state index is 13.2. The van der Waals surface area contributed by atoms with Crippen LogP contribution in [0.1, 0.15) is 51.3 Å². The fourth-order valence-corrected chi connectivity index (χ4v) is 3.47. The van der Waals surface area contributed by atoms with Crippen LogP contribution in [0.25, 0.3) is 22.2 Å². The molecule has 1 fully saturated rings. The zero-order valence-electron chi connectivity index (χ0n) is 17.4. The molecule has 1 saturated carbocycles. The van der Waals surface area contributed by atoms with E-state index in [9.17, 15) is 14.0 Å². The third kappa shape index (κ3) is 4.17. The van der Waals surface area contributed by atoms with Gasteiger partial charge in [0.25, 0.3) is 0 Å². The summed E-state index contributed by atoms with van der Waals surface area (Å²) in [6.45, 7) is 1.63. The number of aromatic carboxylic acids is 1. The van der Waals surface area contributed by atoms with E-state index >= 15 is 0 Å². The maximum Gasteiger partial charge on any atom is 0.335 e. The molecule has 164 valence electrons. The Kier molecular flexibility index (Phi) is 5.87. The molecule has 0 atom stereocenters. The van der Waals surface area contributed by atoms with Crippen LogP contribution in [0.15, 0.2) is 53.2 Å². The lowest BCUT2D eigenvalue weighted by atomic mass is 9.95. The number of hydrogen-bond donors (Lipinski definition) is 3. The van der Waals surface area contributed by atoms with Crippen molar-refractivity contribution in [3.63, 3.8) is 0 Å². The van der Waals surface area contributed by atoms with Crippen LogP contribution in [0.4, 0.5) is 4.39 Å². The number of nitrogens with one attached hydrogen (secondary N) is 1. The summed E-state index contributed by atoms with van der Waals surface area (Å²) in [5, 5.41) is 13.7. The highest BCUT2D eigenvalue weighted by molar-refractivity contribution is 6.19. The molecule has 5 rings (SSSR count). The number of ketones is 1. The summed E-state index contributed by atoms with van der Waals surface area (Å²) in [6.07, 6.45) is 5.42. The Morgan fingerprint density at radius 3 is 2.47 bits per heavy atom. The number of carboxylic acids is 1. The zero-order valence-corrected chi connectivity index (χ0v) is 17.4. The minimum Gasteiger partial charge on any atom is -0.478 e. The van der Waals surface area contributed by atoms with E-state index in [1.807, 2.05) is 0 Å². The van der Waals surface area contributed by atoms with Gasteiger partial charge in [0.1, 0.15) is 17.3 Å². The molecule has 8 heteroatoms. The van der Waals surface area contributed by atoms with Crippen molar-refractivity contribution in [2.45, 2.75) is 32.2 Å². The molecule has 0 amide bonds. The van der Waals surface area contributed by atoms with Crippen LogP contribution in [-0.4, -0.2) is 33.0 Å². The first-order valence-electron chi connectivity index (χ1n) is 10.2. The van der Waals surface area contributed by atoms with Crippen molar-refractivity contribution in [3.05, 3.63) is 76.9 Å². The molecule has 1 aliphatic carbocycles. The Morgan fingerprint density at radius 2 is 1.88 bits per heavy atom. The molecule has 4 N–H and O–H groups in total. The van der Waals surface area contributed by atoms with Crippen LogP contribution in [0, 0.1) is 12.7 Å². The van der Waals surface area contributed by atoms with Crippen LogP contribution in [0.5, 0.6) is 0 Å². The van der Waals surface area contributed by atoms with Gasteiger partial charge in [0, 0.05) is 34.3 Å². The van der Waals surface area contributed by atoms with E-state index in [0.717, 1.165) is 0 Å². The predicted molar refractivity (Wildman–Crippen MR) is 117 cm³/mol. The topological polar surface area (TPSA) is 122 Å². The summed E-state index contributed by atoms with van der Waals surface area (Å²) in [4.78, 5) is 27.2. The Balaban J connectivity index is 0.000000433. The van der Waals surface area contributed by atoms with E-state index in [0.29, 0.717) is 39.5 Å². The van der Waals surface area contributed by atoms with Gasteiger partial charge in [-0.05, 0) is 56.2 Å². The first-order valence-corrected chi connectivity index (χ1v) is 10.2. The molecule has 0 unspecified atom stereocenters. The number of H-pyrrole nitrogens is 1. The highest BCUT2D eigenvalue weighted by Crippen LogP contribution is 2.30. The largest absolute Gasteiger partial charge is 0.478 e. The van der Waals surface area contributed by atoms with Crippen molar-refractivity contribution < 1.29 is 23.6 Å². The lowest BCUT2D eigenvalue weighted by Gasteiger charge is -2.18. The van der Waals surface area contributed by atoms with Gasteiger partial charge in [0.05, 0.1) is 11.1 Å². The van der Waals surface area contributed by atoms with Gasteiger partial charge < -0.3 is 20.3 Å². The fraction of sp³-hybridized carbons (Fsp3) is 0.208. The van der Waals surface area contributed by atoms with Crippen molar-refractivity contribution in [3.8, 4) is 11.3 Å². The first-order chi connectivity index (χ1) is 15.3. The van der Waals surface area contributed by atoms with Gasteiger partial charge in [-0.3, -0.25) is 4.79 Å². The summed E-state index contributed by atoms with van der Waals surface area (Å²) in [5.41, 5.74) is 7.58. The third-order valence-corrected chi connectivity index (χ3v) is 5.53. The summed E-state index contributed by atoms with van der Waals surface area (Å²) < 4.78 is 18.4. The molecule has 2 aromatic heterocycles. The van der Waals surface area contributed by atoms with E-state index < -0.39 is 11.8 Å². The van der Waals surface area contributed by atoms with Crippen molar-refractivity contribution >= 4 is 22.7 Å². The van der Waals surface area contributed by atoms with E-state index in [-0.39, 0.29) is 16.9 Å². The Bertz CT molecular complexity index is 1290. The fourth-order valence-electron chi connectivity index (χ4n) is 3.47. The molecule has 4 aromatic rings. The predicted octanol–water partition coefficient (Wildman–Crippen LogP) is 4.70. The van der Waals surface area contributed by atoms with E-state index in [2.05, 4.69) is 10.1 Å². The summed E-state index contributed by atoms with van der Waals surface area (Å²) in [6, 6.07) is 10.7. The minimum atomic E-state index is -1.05. The van der Waals surface area contributed by atoms with Gasteiger partial charge in [-0.1, -0.05) is 17.6 Å². The quantitative estimate of drug-likeness (QED) is 0.400. The van der Waals surface area contributed by atoms with Gasteiger partial charge in [-0.15, -0.1) is 0 Å². The molecule has 0 aliphatic heterocycles. The molecule has 7 nitrogen and oxygen atoms in total. The van der Waals surface area contributed by atoms with Gasteiger partial charge in [0.15, 0.2) is 0 Å². The number of carbonyl (C=O) groups is 2. The second kappa shape index (κ2) is 8.76. The molecule has 0 saturated heterocycles. The molecule has 0 spiro atoms. The third-order valence-electron chi connectivity index (χ3n) is 5.53. The monoisotopic (exact) mass is 435 g/mol. The van der Waals surface area contributed by atoms with Crippen molar-refractivity contribution in [2.75, 3.05) is 0 Å². The standard InChI is InChI=1S/C20H13FN2O4.C4H9N/c1-10-17(18(23-27-10)11-2-5-13(21)6-3-11)19(24)15-9-22-16-8-12(20(25)26)4-7-14(15)16;5-4-2-1-3-4/h2-9,22H,1H3,(H,25,26);4H,1-3,5H2. The van der Waals surface area contributed by atoms with Crippen LogP contribution < -0.4 is 5.73 Å². The SMILES string of the molecule is Cc1onc(-c2ccc(F)cc2)c1C(=O)c1c[nH]c2cc(C(=O)O)ccc12.NC1CCC1. The molecule has 32 heavy (non-hydrogen) atoms. The summed E-state index contributed by atoms with van der Waals surface area (Å²) in [7, 11) is 0. The number of rotatable bonds is 4. The second-order valence-electron chi connectivity index (χ2n) is 7.76. The number of aryl methyl sites for hydroxylation is 1. The van der Waals surface area contributed by atoms with Crippen LogP contribution in [-0.2, 0) is 0 Å². The lowest BCUT2D eigenvalue weighted by molar-refractivity contribution is 0.0697. The Morgan fingerprint density at radius 1 is 1.19 bits per heavy atom. The smallest absolute Gasteiger partial charge is 0.335 e. The number of benzene rings is 2. The number of aromatic nitrogens is 2. The number of nitrogens with two attached hydrogens (primary N) is 1. The minimum absolute atomic E-state index is 0.122. The van der Waals surface area contributed by atoms with Gasteiger partial charge in [-0.25, -0.2) is 9.18 Å². The van der Waals surface area contributed by atoms with Crippen molar-refractivity contribution in [2.24, 2.45) is 5.73 Å². The average Bonchev–Trinajstić information content (AvgIpc) is 3.36. The molecule has 1 aliphatic rings. The van der Waals surface area contributed by atoms with Gasteiger partial charge in [-0.2, -0.15) is 0 Å². The van der Waals surface area contributed by atoms with Gasteiger partial charge >= 0.3 is 5.97 Å². The second-order valence-corrected chi connectivity index (χ2v) is 7.76. The number of fused-ring (bicyclic) bond motifs is 1. The average molecular weight is 435 g/mol. The molecule has 2 aromatic carbocycles. The molecule has 0 radical (unpaired) electrons. The number of halogens is 1. The Hall–Kier alpha value is -3.78. The normalized spacial score (nSPS) is 13.3. The van der Waals surface area contributed by atoms with Gasteiger partial charge in [0.2, 0.25) is 5.78 Å². The summed E-state index contributed by atoms with van der Waals surface area (Å²) in [5.74, 6) is -1.41. The van der Waals surface area contributed by atoms with Crippen LogP contribution in [0.2, 0.25) is 0 Å². The lowest BCUT2D eigenvalue weighted by Crippen LogP contribution is -2.27. The maximum absolute atomic E-state index is 13.2. The highest BCUT2D eigenvalue weighted by Gasteiger charge is 2.25. The number of aromatic amines is 1. The van der Waals surface area contributed by atoms with Crippen molar-refractivity contribution in [1.29, 1.82) is 0 Å². The van der Waals surface area contributed by atoms with Crippen molar-refractivity contribution in [1.82, 2.24) is 10.1 Å². The number of nitrogens with zero attached hydrogens (tertiary/aromatic N) is 1. The number of hydrogen-bond acceptors (Lipinski definition) is 5. The zero-order chi connectivity index (χ0) is 22.8. The molecular weight excluding hydrogens is 413 g/mol. The van der Waals surface area contributed by atoms with E-state index in [1.165, 1.54) is 61.9 Å². The molecular formula is C24H22FN3O4. The first kappa shape index (κ1) is 21.5. The van der Waals surface area contributed by atoms with E-state index in [1.54, 1.807) is 13.0 Å². The van der Waals surface area contributed by atoms with Crippen LogP contribution in [0.3, 0.4) is 0 Å². The van der Waals surface area contributed by atoms with E-state index in [4.69, 9.17) is 15.4 Å². The highest BCUT2D eigenvalue weighted by atomic mass is 19.1. The summed E-state index contributed by atoms with van der Waals surface area (Å²) >= 11 is 0. The molecule has 0 bridgehead atoms. The molecule has 2 heterocycles. The Labute approximate surface area is 183 Å². The number of carboxylic acid groups (broad SMARTS) is 1.